The summed E-state index contributed by atoms with van der Waals surface area (Å²) in [4.78, 5) is 4.36. The molecule has 1 N–H and O–H groups in total. The summed E-state index contributed by atoms with van der Waals surface area (Å²) in [5.41, 5.74) is 3.21. The van der Waals surface area contributed by atoms with Gasteiger partial charge in [-0.05, 0) is 53.0 Å². The van der Waals surface area contributed by atoms with Gasteiger partial charge in [0.15, 0.2) is 11.5 Å². The number of nitrogens with zero attached hydrogens (tertiary/aromatic N) is 1. The molecule has 0 aliphatic carbocycles. The highest BCUT2D eigenvalue weighted by Crippen LogP contribution is 2.36. The molecule has 1 aliphatic rings. The van der Waals surface area contributed by atoms with Gasteiger partial charge in [-0.2, -0.15) is 0 Å². The molecule has 0 saturated heterocycles. The summed E-state index contributed by atoms with van der Waals surface area (Å²) < 4.78 is 12.2. The summed E-state index contributed by atoms with van der Waals surface area (Å²) in [6, 6.07) is 5.95. The second-order valence-electron chi connectivity index (χ2n) is 4.75. The first kappa shape index (κ1) is 13.2. The van der Waals surface area contributed by atoms with Crippen molar-refractivity contribution >= 4 is 27.4 Å². The van der Waals surface area contributed by atoms with E-state index >= 15 is 0 Å². The van der Waals surface area contributed by atoms with Crippen LogP contribution in [0.2, 0.25) is 0 Å². The van der Waals surface area contributed by atoms with Crippen molar-refractivity contribution in [3.8, 4) is 11.5 Å². The maximum Gasteiger partial charge on any atom is 0.163 e. The second-order valence-corrected chi connectivity index (χ2v) is 5.61. The predicted octanol–water partition coefficient (Wildman–Crippen LogP) is 3.98. The maximum absolute atomic E-state index is 5.61. The lowest BCUT2D eigenvalue weighted by molar-refractivity contribution is 0.171. The molecule has 0 radical (unpaired) electrons. The number of aromatic nitrogens is 1. The third-order valence-corrected chi connectivity index (χ3v) is 4.03. The SMILES string of the molecule is Cc1cc(Nc2cc3c(cc2C)OCCO3)ncc1Br. The van der Waals surface area contributed by atoms with Crippen molar-refractivity contribution < 1.29 is 9.47 Å². The summed E-state index contributed by atoms with van der Waals surface area (Å²) >= 11 is 3.45. The highest BCUT2D eigenvalue weighted by molar-refractivity contribution is 9.10. The fourth-order valence-electron chi connectivity index (χ4n) is 2.07. The molecular formula is C15H15BrN2O2. The van der Waals surface area contributed by atoms with Crippen LogP contribution < -0.4 is 14.8 Å². The highest BCUT2D eigenvalue weighted by atomic mass is 79.9. The lowest BCUT2D eigenvalue weighted by atomic mass is 10.1. The molecule has 1 aromatic heterocycles. The Labute approximate surface area is 126 Å². The Morgan fingerprint density at radius 2 is 1.75 bits per heavy atom. The van der Waals surface area contributed by atoms with Crippen LogP contribution in [0.15, 0.2) is 28.9 Å². The van der Waals surface area contributed by atoms with Crippen LogP contribution in [-0.2, 0) is 0 Å². The van der Waals surface area contributed by atoms with Gasteiger partial charge in [0.05, 0.1) is 0 Å². The number of aryl methyl sites for hydroxylation is 2. The first-order valence-electron chi connectivity index (χ1n) is 6.43. The van der Waals surface area contributed by atoms with Crippen molar-refractivity contribution in [3.63, 3.8) is 0 Å². The van der Waals surface area contributed by atoms with E-state index in [2.05, 4.69) is 26.2 Å². The molecule has 1 aromatic carbocycles. The average Bonchev–Trinajstić information content (AvgIpc) is 2.44. The van der Waals surface area contributed by atoms with Crippen LogP contribution in [0.3, 0.4) is 0 Å². The van der Waals surface area contributed by atoms with Gasteiger partial charge < -0.3 is 14.8 Å². The monoisotopic (exact) mass is 334 g/mol. The van der Waals surface area contributed by atoms with Crippen molar-refractivity contribution in [2.24, 2.45) is 0 Å². The average molecular weight is 335 g/mol. The smallest absolute Gasteiger partial charge is 0.163 e. The van der Waals surface area contributed by atoms with Crippen molar-refractivity contribution in [1.82, 2.24) is 4.98 Å². The zero-order valence-electron chi connectivity index (χ0n) is 11.4. The summed E-state index contributed by atoms with van der Waals surface area (Å²) in [5.74, 6) is 2.39. The number of benzene rings is 1. The number of nitrogens with one attached hydrogen (secondary N) is 1. The molecule has 0 amide bonds. The minimum Gasteiger partial charge on any atom is -0.486 e. The van der Waals surface area contributed by atoms with Gasteiger partial charge >= 0.3 is 0 Å². The molecule has 0 spiro atoms. The van der Waals surface area contributed by atoms with Crippen molar-refractivity contribution in [2.45, 2.75) is 13.8 Å². The topological polar surface area (TPSA) is 43.4 Å². The van der Waals surface area contributed by atoms with Gasteiger partial charge in [-0.15, -0.1) is 0 Å². The van der Waals surface area contributed by atoms with Crippen LogP contribution in [0.25, 0.3) is 0 Å². The molecule has 20 heavy (non-hydrogen) atoms. The first-order valence-corrected chi connectivity index (χ1v) is 7.22. The Balaban J connectivity index is 1.92. The fraction of sp³-hybridized carbons (Fsp3) is 0.267. The Morgan fingerprint density at radius 3 is 2.45 bits per heavy atom. The van der Waals surface area contributed by atoms with E-state index in [1.807, 2.05) is 32.0 Å². The normalized spacial score (nSPS) is 13.2. The zero-order valence-corrected chi connectivity index (χ0v) is 13.0. The quantitative estimate of drug-likeness (QED) is 0.902. The minimum atomic E-state index is 0.588. The lowest BCUT2D eigenvalue weighted by Gasteiger charge is -2.20. The summed E-state index contributed by atoms with van der Waals surface area (Å²) in [6.45, 7) is 5.26. The predicted molar refractivity (Wildman–Crippen MR) is 82.1 cm³/mol. The van der Waals surface area contributed by atoms with E-state index in [0.717, 1.165) is 38.6 Å². The van der Waals surface area contributed by atoms with Crippen LogP contribution in [-0.4, -0.2) is 18.2 Å². The molecule has 0 unspecified atom stereocenters. The zero-order chi connectivity index (χ0) is 14.1. The molecule has 0 bridgehead atoms. The van der Waals surface area contributed by atoms with Crippen LogP contribution in [0.1, 0.15) is 11.1 Å². The second kappa shape index (κ2) is 5.32. The van der Waals surface area contributed by atoms with Gasteiger partial charge in [-0.3, -0.25) is 0 Å². The number of hydrogen-bond donors (Lipinski definition) is 1. The molecular weight excluding hydrogens is 320 g/mol. The van der Waals surface area contributed by atoms with Crippen molar-refractivity contribution in [1.29, 1.82) is 0 Å². The lowest BCUT2D eigenvalue weighted by Crippen LogP contribution is -2.15. The van der Waals surface area contributed by atoms with Gasteiger partial charge in [-0.25, -0.2) is 4.98 Å². The number of hydrogen-bond acceptors (Lipinski definition) is 4. The molecule has 2 heterocycles. The Kier molecular flexibility index (Phi) is 3.53. The maximum atomic E-state index is 5.61. The van der Waals surface area contributed by atoms with Crippen molar-refractivity contribution in [3.05, 3.63) is 40.0 Å². The minimum absolute atomic E-state index is 0.588. The fourth-order valence-corrected chi connectivity index (χ4v) is 2.29. The Morgan fingerprint density at radius 1 is 1.05 bits per heavy atom. The number of halogens is 1. The number of rotatable bonds is 2. The molecule has 0 atom stereocenters. The number of anilines is 2. The summed E-state index contributed by atoms with van der Waals surface area (Å²) in [7, 11) is 0. The van der Waals surface area contributed by atoms with E-state index in [-0.39, 0.29) is 0 Å². The Bertz CT molecular complexity index is 659. The molecule has 0 saturated carbocycles. The van der Waals surface area contributed by atoms with Gasteiger partial charge in [0, 0.05) is 22.4 Å². The van der Waals surface area contributed by atoms with Crippen molar-refractivity contribution in [2.75, 3.05) is 18.5 Å². The van der Waals surface area contributed by atoms with E-state index in [4.69, 9.17) is 9.47 Å². The summed E-state index contributed by atoms with van der Waals surface area (Å²) in [6.07, 6.45) is 1.80. The molecule has 104 valence electrons. The first-order chi connectivity index (χ1) is 9.63. The van der Waals surface area contributed by atoms with Gasteiger partial charge in [-0.1, -0.05) is 0 Å². The largest absolute Gasteiger partial charge is 0.486 e. The van der Waals surface area contributed by atoms with Gasteiger partial charge in [0.25, 0.3) is 0 Å². The molecule has 0 fully saturated rings. The molecule has 1 aliphatic heterocycles. The molecule has 5 heteroatoms. The van der Waals surface area contributed by atoms with E-state index in [0.29, 0.717) is 13.2 Å². The molecule has 2 aromatic rings. The van der Waals surface area contributed by atoms with Gasteiger partial charge in [0.1, 0.15) is 19.0 Å². The standard InChI is InChI=1S/C15H15BrN2O2/c1-9-6-15(17-8-11(9)16)18-12-7-14-13(5-10(12)2)19-3-4-20-14/h5-8H,3-4H2,1-2H3,(H,17,18). The number of ether oxygens (including phenoxy) is 2. The van der Waals surface area contributed by atoms with Crippen LogP contribution in [0, 0.1) is 13.8 Å². The molecule has 3 rings (SSSR count). The summed E-state index contributed by atoms with van der Waals surface area (Å²) in [5, 5.41) is 3.32. The van der Waals surface area contributed by atoms with E-state index in [1.54, 1.807) is 6.20 Å². The van der Waals surface area contributed by atoms with Crippen LogP contribution in [0.5, 0.6) is 11.5 Å². The third-order valence-electron chi connectivity index (χ3n) is 3.20. The third kappa shape index (κ3) is 2.58. The van der Waals surface area contributed by atoms with E-state index < -0.39 is 0 Å². The number of fused-ring (bicyclic) bond motifs is 1. The molecule has 4 nitrogen and oxygen atoms in total. The Hall–Kier alpha value is -1.75. The number of pyridine rings is 1. The van der Waals surface area contributed by atoms with Crippen LogP contribution in [0.4, 0.5) is 11.5 Å². The van der Waals surface area contributed by atoms with E-state index in [9.17, 15) is 0 Å². The highest BCUT2D eigenvalue weighted by Gasteiger charge is 2.14. The van der Waals surface area contributed by atoms with Gasteiger partial charge in [0.2, 0.25) is 0 Å². The van der Waals surface area contributed by atoms with E-state index in [1.165, 1.54) is 0 Å². The van der Waals surface area contributed by atoms with Crippen LogP contribution >= 0.6 is 15.9 Å².